The second-order valence-corrected chi connectivity index (χ2v) is 5.62. The molecule has 2 aromatic carbocycles. The summed E-state index contributed by atoms with van der Waals surface area (Å²) in [4.78, 5) is 24.1. The van der Waals surface area contributed by atoms with Crippen LogP contribution in [0.3, 0.4) is 0 Å². The van der Waals surface area contributed by atoms with E-state index in [-0.39, 0.29) is 17.5 Å². The van der Waals surface area contributed by atoms with Crippen LogP contribution in [0.5, 0.6) is 0 Å². The molecule has 1 aromatic heterocycles. The van der Waals surface area contributed by atoms with Crippen LogP contribution in [0.4, 0.5) is 5.69 Å². The zero-order valence-corrected chi connectivity index (χ0v) is 13.7. The number of hydrogen-bond acceptors (Lipinski definition) is 3. The van der Waals surface area contributed by atoms with E-state index in [9.17, 15) is 9.59 Å². The predicted octanol–water partition coefficient (Wildman–Crippen LogP) is 4.74. The van der Waals surface area contributed by atoms with Crippen molar-refractivity contribution < 1.29 is 14.0 Å². The first-order valence-electron chi connectivity index (χ1n) is 7.86. The molecule has 0 saturated carbocycles. The van der Waals surface area contributed by atoms with E-state index in [1.54, 1.807) is 48.6 Å². The molecule has 0 bridgehead atoms. The summed E-state index contributed by atoms with van der Waals surface area (Å²) in [5.74, 6) is -0.186. The summed E-state index contributed by atoms with van der Waals surface area (Å²) in [6.07, 6.45) is 4.77. The van der Waals surface area contributed by atoms with Gasteiger partial charge in [0, 0.05) is 11.3 Å². The fourth-order valence-electron chi connectivity index (χ4n) is 2.26. The minimum absolute atomic E-state index is 0.0931. The lowest BCUT2D eigenvalue weighted by Crippen LogP contribution is -2.10. The van der Waals surface area contributed by atoms with Gasteiger partial charge in [0.15, 0.2) is 11.5 Å². The first kappa shape index (κ1) is 16.5. The Morgan fingerprint density at radius 2 is 1.68 bits per heavy atom. The van der Waals surface area contributed by atoms with Gasteiger partial charge in [0.2, 0.25) is 0 Å². The molecule has 3 rings (SSSR count). The topological polar surface area (TPSA) is 59.3 Å². The molecule has 0 fully saturated rings. The van der Waals surface area contributed by atoms with Crippen molar-refractivity contribution in [3.05, 3.63) is 95.5 Å². The maximum absolute atomic E-state index is 12.2. The molecule has 0 atom stereocenters. The molecule has 0 spiro atoms. The van der Waals surface area contributed by atoms with Crippen LogP contribution in [0.15, 0.2) is 77.4 Å². The van der Waals surface area contributed by atoms with Gasteiger partial charge in [-0.25, -0.2) is 0 Å². The molecule has 4 heteroatoms. The molecular weight excluding hydrogens is 314 g/mol. The minimum atomic E-state index is -0.330. The van der Waals surface area contributed by atoms with E-state index in [1.807, 2.05) is 31.2 Å². The number of anilines is 1. The van der Waals surface area contributed by atoms with E-state index in [0.29, 0.717) is 11.3 Å². The fraction of sp³-hybridized carbons (Fsp3) is 0.0476. The zero-order valence-electron chi connectivity index (χ0n) is 13.7. The number of rotatable bonds is 5. The molecule has 0 radical (unpaired) electrons. The summed E-state index contributed by atoms with van der Waals surface area (Å²) in [6, 6.07) is 17.9. The van der Waals surface area contributed by atoms with Crippen LogP contribution in [0, 0.1) is 6.92 Å². The number of nitrogens with one attached hydrogen (secondary N) is 1. The number of ketones is 1. The summed E-state index contributed by atoms with van der Waals surface area (Å²) < 4.78 is 5.04. The molecule has 124 valence electrons. The quantitative estimate of drug-likeness (QED) is 0.543. The maximum atomic E-state index is 12.2. The number of carbonyl (C=O) groups excluding carboxylic acids is 2. The Balaban J connectivity index is 1.64. The highest BCUT2D eigenvalue weighted by molar-refractivity contribution is 6.07. The Hall–Kier alpha value is -3.40. The van der Waals surface area contributed by atoms with E-state index >= 15 is 0 Å². The SMILES string of the molecule is Cc1ccc(C=CC(=O)c2ccc(NC(=O)c3ccco3)cc2)cc1. The average Bonchev–Trinajstić information content (AvgIpc) is 3.16. The Morgan fingerprint density at radius 1 is 0.960 bits per heavy atom. The van der Waals surface area contributed by atoms with Gasteiger partial charge < -0.3 is 9.73 Å². The van der Waals surface area contributed by atoms with Crippen molar-refractivity contribution in [2.45, 2.75) is 6.92 Å². The number of benzene rings is 2. The number of allylic oxidation sites excluding steroid dienone is 1. The van der Waals surface area contributed by atoms with E-state index in [0.717, 1.165) is 5.56 Å². The second kappa shape index (κ2) is 7.45. The normalized spacial score (nSPS) is 10.8. The van der Waals surface area contributed by atoms with Gasteiger partial charge in [-0.15, -0.1) is 0 Å². The highest BCUT2D eigenvalue weighted by atomic mass is 16.3. The Kier molecular flexibility index (Phi) is 4.90. The van der Waals surface area contributed by atoms with Crippen LogP contribution in [0.1, 0.15) is 32.0 Å². The van der Waals surface area contributed by atoms with Crippen LogP contribution in [-0.4, -0.2) is 11.7 Å². The van der Waals surface area contributed by atoms with E-state index in [2.05, 4.69) is 5.32 Å². The summed E-state index contributed by atoms with van der Waals surface area (Å²) >= 11 is 0. The van der Waals surface area contributed by atoms with Gasteiger partial charge in [0.05, 0.1) is 6.26 Å². The number of carbonyl (C=O) groups is 2. The number of aryl methyl sites for hydroxylation is 1. The average molecular weight is 331 g/mol. The standard InChI is InChI=1S/C21H17NO3/c1-15-4-6-16(7-5-15)8-13-19(23)17-9-11-18(12-10-17)22-21(24)20-3-2-14-25-20/h2-14H,1H3,(H,22,24). The van der Waals surface area contributed by atoms with Crippen molar-refractivity contribution in [2.24, 2.45) is 0 Å². The van der Waals surface area contributed by atoms with Crippen LogP contribution in [0.2, 0.25) is 0 Å². The fourth-order valence-corrected chi connectivity index (χ4v) is 2.26. The number of furan rings is 1. The van der Waals surface area contributed by atoms with Gasteiger partial charge in [-0.3, -0.25) is 9.59 Å². The monoisotopic (exact) mass is 331 g/mol. The molecule has 1 heterocycles. The summed E-state index contributed by atoms with van der Waals surface area (Å²) in [5, 5.41) is 2.71. The Morgan fingerprint density at radius 3 is 2.32 bits per heavy atom. The van der Waals surface area contributed by atoms with Gasteiger partial charge in [-0.2, -0.15) is 0 Å². The van der Waals surface area contributed by atoms with E-state index in [1.165, 1.54) is 11.8 Å². The lowest BCUT2D eigenvalue weighted by atomic mass is 10.1. The van der Waals surface area contributed by atoms with Gasteiger partial charge in [-0.05, 0) is 55.0 Å². The van der Waals surface area contributed by atoms with Crippen molar-refractivity contribution in [3.8, 4) is 0 Å². The summed E-state index contributed by atoms with van der Waals surface area (Å²) in [5.41, 5.74) is 3.30. The lowest BCUT2D eigenvalue weighted by Gasteiger charge is -2.04. The van der Waals surface area contributed by atoms with Crippen LogP contribution in [-0.2, 0) is 0 Å². The Bertz CT molecular complexity index is 889. The first-order chi connectivity index (χ1) is 12.1. The largest absolute Gasteiger partial charge is 0.459 e. The highest BCUT2D eigenvalue weighted by Gasteiger charge is 2.09. The summed E-state index contributed by atoms with van der Waals surface area (Å²) in [7, 11) is 0. The van der Waals surface area contributed by atoms with Gasteiger partial charge in [-0.1, -0.05) is 35.9 Å². The second-order valence-electron chi connectivity index (χ2n) is 5.62. The van der Waals surface area contributed by atoms with Gasteiger partial charge >= 0.3 is 0 Å². The molecule has 0 saturated heterocycles. The molecule has 4 nitrogen and oxygen atoms in total. The summed E-state index contributed by atoms with van der Waals surface area (Å²) in [6.45, 7) is 2.02. The molecule has 25 heavy (non-hydrogen) atoms. The number of amides is 1. The van der Waals surface area contributed by atoms with E-state index < -0.39 is 0 Å². The third-order valence-electron chi connectivity index (χ3n) is 3.68. The van der Waals surface area contributed by atoms with Crippen molar-refractivity contribution in [2.75, 3.05) is 5.32 Å². The molecule has 0 unspecified atom stereocenters. The van der Waals surface area contributed by atoms with E-state index in [4.69, 9.17) is 4.42 Å². The molecular formula is C21H17NO3. The van der Waals surface area contributed by atoms with Crippen LogP contribution in [0.25, 0.3) is 6.08 Å². The molecule has 3 aromatic rings. The lowest BCUT2D eigenvalue weighted by molar-refractivity contribution is 0.0996. The molecule has 0 aliphatic heterocycles. The van der Waals surface area contributed by atoms with Crippen molar-refractivity contribution in [3.63, 3.8) is 0 Å². The first-order valence-corrected chi connectivity index (χ1v) is 7.86. The third kappa shape index (κ3) is 4.32. The predicted molar refractivity (Wildman–Crippen MR) is 97.6 cm³/mol. The van der Waals surface area contributed by atoms with Gasteiger partial charge in [0.25, 0.3) is 5.91 Å². The van der Waals surface area contributed by atoms with Crippen molar-refractivity contribution in [1.29, 1.82) is 0 Å². The third-order valence-corrected chi connectivity index (χ3v) is 3.68. The van der Waals surface area contributed by atoms with Crippen molar-refractivity contribution >= 4 is 23.5 Å². The molecule has 0 aliphatic rings. The van der Waals surface area contributed by atoms with Crippen LogP contribution >= 0.6 is 0 Å². The minimum Gasteiger partial charge on any atom is -0.459 e. The highest BCUT2D eigenvalue weighted by Crippen LogP contribution is 2.13. The van der Waals surface area contributed by atoms with Gasteiger partial charge in [0.1, 0.15) is 0 Å². The molecule has 1 amide bonds. The van der Waals surface area contributed by atoms with Crippen LogP contribution < -0.4 is 5.32 Å². The smallest absolute Gasteiger partial charge is 0.291 e. The van der Waals surface area contributed by atoms with Crippen molar-refractivity contribution in [1.82, 2.24) is 0 Å². The maximum Gasteiger partial charge on any atom is 0.291 e. The molecule has 1 N–H and O–H groups in total. The molecule has 0 aliphatic carbocycles. The number of hydrogen-bond donors (Lipinski definition) is 1. The Labute approximate surface area is 145 Å². The zero-order chi connectivity index (χ0) is 17.6.